The zero-order valence-corrected chi connectivity index (χ0v) is 54.4. The Morgan fingerprint density at radius 3 is 0.625 bits per heavy atom. The maximum atomic E-state index is 13.0. The Bertz CT molecular complexity index is 1290. The van der Waals surface area contributed by atoms with Gasteiger partial charge in [-0.15, -0.1) is 0 Å². The van der Waals surface area contributed by atoms with Gasteiger partial charge in [-0.05, 0) is 70.6 Å². The topological polar surface area (TPSA) is 78.9 Å². The van der Waals surface area contributed by atoms with Gasteiger partial charge in [0, 0.05) is 19.3 Å². The van der Waals surface area contributed by atoms with Gasteiger partial charge in [0.25, 0.3) is 0 Å². The maximum Gasteiger partial charge on any atom is 0.306 e. The summed E-state index contributed by atoms with van der Waals surface area (Å²) in [5, 5.41) is 0. The molecule has 0 radical (unpaired) electrons. The highest BCUT2D eigenvalue weighted by molar-refractivity contribution is 5.71. The van der Waals surface area contributed by atoms with Gasteiger partial charge < -0.3 is 14.2 Å². The molecule has 0 N–H and O–H groups in total. The van der Waals surface area contributed by atoms with Crippen LogP contribution < -0.4 is 0 Å². The molecule has 0 rings (SSSR count). The molecule has 0 aliphatic carbocycles. The lowest BCUT2D eigenvalue weighted by atomic mass is 10.0. The summed E-state index contributed by atoms with van der Waals surface area (Å²) in [7, 11) is 0. The summed E-state index contributed by atoms with van der Waals surface area (Å²) < 4.78 is 17.0. The summed E-state index contributed by atoms with van der Waals surface area (Å²) in [6, 6.07) is 0. The molecule has 0 saturated carbocycles. The lowest BCUT2D eigenvalue weighted by molar-refractivity contribution is -0.167. The van der Waals surface area contributed by atoms with Gasteiger partial charge in [0.1, 0.15) is 13.2 Å². The van der Waals surface area contributed by atoms with E-state index in [0.717, 1.165) is 57.8 Å². The predicted octanol–water partition coefficient (Wildman–Crippen LogP) is 25.0. The fourth-order valence-electron chi connectivity index (χ4n) is 11.2. The summed E-state index contributed by atoms with van der Waals surface area (Å²) in [5.41, 5.74) is 0. The van der Waals surface area contributed by atoms with E-state index in [1.54, 1.807) is 0 Å². The van der Waals surface area contributed by atoms with Crippen molar-refractivity contribution in [2.75, 3.05) is 13.2 Å². The third kappa shape index (κ3) is 66.7. The van der Waals surface area contributed by atoms with Crippen molar-refractivity contribution < 1.29 is 28.6 Å². The minimum Gasteiger partial charge on any atom is -0.462 e. The fraction of sp³-hybridized carbons (Fsp3) is 0.905. The van der Waals surface area contributed by atoms with Gasteiger partial charge in [-0.25, -0.2) is 0 Å². The van der Waals surface area contributed by atoms with Crippen molar-refractivity contribution in [3.8, 4) is 0 Å². The number of ether oxygens (including phenoxy) is 3. The molecule has 6 nitrogen and oxygen atoms in total. The molecule has 0 bridgehead atoms. The van der Waals surface area contributed by atoms with Crippen LogP contribution in [0.15, 0.2) is 24.3 Å². The van der Waals surface area contributed by atoms with Crippen molar-refractivity contribution in [1.29, 1.82) is 0 Å². The number of carbonyl (C=O) groups is 3. The van der Waals surface area contributed by atoms with E-state index in [4.69, 9.17) is 14.2 Å². The average Bonchev–Trinajstić information content (AvgIpc) is 3.46. The van der Waals surface area contributed by atoms with Crippen molar-refractivity contribution in [1.82, 2.24) is 0 Å². The minimum atomic E-state index is -0.770. The number of rotatable bonds is 68. The Kier molecular flexibility index (Phi) is 67.6. The van der Waals surface area contributed by atoms with Crippen LogP contribution >= 0.6 is 0 Å². The third-order valence-corrected chi connectivity index (χ3v) is 16.7. The van der Waals surface area contributed by atoms with Crippen LogP contribution in [0.3, 0.4) is 0 Å². The molecule has 0 aromatic heterocycles. The van der Waals surface area contributed by atoms with E-state index in [2.05, 4.69) is 45.1 Å². The number of allylic oxidation sites excluding steroid dienone is 4. The average molecular weight is 1130 g/mol. The van der Waals surface area contributed by atoms with E-state index >= 15 is 0 Å². The molecule has 0 aromatic carbocycles. The van der Waals surface area contributed by atoms with Gasteiger partial charge in [0.2, 0.25) is 0 Å². The highest BCUT2D eigenvalue weighted by Crippen LogP contribution is 2.19. The molecule has 0 aliphatic rings. The van der Waals surface area contributed by atoms with Gasteiger partial charge >= 0.3 is 17.9 Å². The number of esters is 3. The molecule has 80 heavy (non-hydrogen) atoms. The first-order valence-corrected chi connectivity index (χ1v) is 36.3. The molecule has 0 spiro atoms. The second-order valence-electron chi connectivity index (χ2n) is 24.9. The van der Waals surface area contributed by atoms with Crippen LogP contribution in [0.25, 0.3) is 0 Å². The number of carbonyl (C=O) groups excluding carboxylic acids is 3. The van der Waals surface area contributed by atoms with E-state index in [1.165, 1.54) is 315 Å². The van der Waals surface area contributed by atoms with Gasteiger partial charge in [-0.2, -0.15) is 0 Å². The SMILES string of the molecule is CCCCCCCCCC/C=C\CCCCCCCCCCCCCCCC(=O)OCC(COC(=O)CCCCCCCCCCCCCCCCCC)OC(=O)CCCCCCCCCCC/C=C\CCCCCCCCCC. The predicted molar refractivity (Wildman–Crippen MR) is 349 cm³/mol. The lowest BCUT2D eigenvalue weighted by Gasteiger charge is -2.18. The minimum absolute atomic E-state index is 0.0658. The van der Waals surface area contributed by atoms with Crippen molar-refractivity contribution in [3.63, 3.8) is 0 Å². The Hall–Kier alpha value is -2.11. The summed E-state index contributed by atoms with van der Waals surface area (Å²) in [5.74, 6) is -0.834. The first kappa shape index (κ1) is 77.9. The van der Waals surface area contributed by atoms with Crippen LogP contribution in [0.2, 0.25) is 0 Å². The normalized spacial score (nSPS) is 12.1. The molecule has 0 amide bonds. The molecular weight excluding hydrogens is 985 g/mol. The second-order valence-corrected chi connectivity index (χ2v) is 24.9. The summed E-state index contributed by atoms with van der Waals surface area (Å²) in [4.78, 5) is 38.5. The van der Waals surface area contributed by atoms with E-state index < -0.39 is 6.10 Å². The molecular formula is C74H140O6. The van der Waals surface area contributed by atoms with Crippen LogP contribution in [0.5, 0.6) is 0 Å². The molecule has 0 saturated heterocycles. The fourth-order valence-corrected chi connectivity index (χ4v) is 11.2. The van der Waals surface area contributed by atoms with Crippen LogP contribution in [-0.2, 0) is 28.6 Å². The first-order valence-electron chi connectivity index (χ1n) is 36.3. The maximum absolute atomic E-state index is 13.0. The van der Waals surface area contributed by atoms with Crippen LogP contribution in [0.4, 0.5) is 0 Å². The number of unbranched alkanes of at least 4 members (excludes halogenated alkanes) is 53. The Balaban J connectivity index is 4.27. The molecule has 0 fully saturated rings. The standard InChI is InChI=1S/C74H140O6/c1-4-7-10-13-16-19-22-25-28-31-33-35-36-37-38-40-41-43-46-49-52-55-58-61-64-67-73(76)79-70-71(69-78-72(75)66-63-60-57-54-51-48-45-30-27-24-21-18-15-12-9-6-3)80-74(77)68-65-62-59-56-53-50-47-44-42-39-34-32-29-26-23-20-17-14-11-8-5-2/h31-34,71H,4-30,35-70H2,1-3H3/b33-31-,34-32-. The quantitative estimate of drug-likeness (QED) is 0.0261. The van der Waals surface area contributed by atoms with Gasteiger partial charge in [0.05, 0.1) is 0 Å². The largest absolute Gasteiger partial charge is 0.462 e. The number of hydrogen-bond donors (Lipinski definition) is 0. The zero-order valence-electron chi connectivity index (χ0n) is 54.4. The van der Waals surface area contributed by atoms with E-state index in [0.29, 0.717) is 19.3 Å². The van der Waals surface area contributed by atoms with Crippen molar-refractivity contribution >= 4 is 17.9 Å². The summed E-state index contributed by atoms with van der Waals surface area (Å²) >= 11 is 0. The van der Waals surface area contributed by atoms with Gasteiger partial charge in [-0.3, -0.25) is 14.4 Å². The summed E-state index contributed by atoms with van der Waals surface area (Å²) in [6.45, 7) is 6.73. The smallest absolute Gasteiger partial charge is 0.306 e. The van der Waals surface area contributed by atoms with Crippen molar-refractivity contribution in [2.45, 2.75) is 419 Å². The second kappa shape index (κ2) is 69.4. The van der Waals surface area contributed by atoms with Crippen LogP contribution in [-0.4, -0.2) is 37.2 Å². The molecule has 1 atom stereocenters. The first-order chi connectivity index (χ1) is 39.5. The molecule has 472 valence electrons. The highest BCUT2D eigenvalue weighted by Gasteiger charge is 2.19. The zero-order chi connectivity index (χ0) is 57.8. The Morgan fingerprint density at radius 2 is 0.412 bits per heavy atom. The van der Waals surface area contributed by atoms with Crippen LogP contribution in [0.1, 0.15) is 412 Å². The van der Waals surface area contributed by atoms with Crippen molar-refractivity contribution in [2.24, 2.45) is 0 Å². The molecule has 0 aliphatic heterocycles. The van der Waals surface area contributed by atoms with E-state index in [9.17, 15) is 14.4 Å². The third-order valence-electron chi connectivity index (χ3n) is 16.7. The van der Waals surface area contributed by atoms with Gasteiger partial charge in [-0.1, -0.05) is 347 Å². The Morgan fingerprint density at radius 1 is 0.237 bits per heavy atom. The van der Waals surface area contributed by atoms with Crippen LogP contribution in [0, 0.1) is 0 Å². The highest BCUT2D eigenvalue weighted by atomic mass is 16.6. The van der Waals surface area contributed by atoms with Gasteiger partial charge in [0.15, 0.2) is 6.10 Å². The Labute approximate surface area is 500 Å². The van der Waals surface area contributed by atoms with Crippen molar-refractivity contribution in [3.05, 3.63) is 24.3 Å². The number of hydrogen-bond acceptors (Lipinski definition) is 6. The molecule has 1 unspecified atom stereocenters. The van der Waals surface area contributed by atoms with E-state index in [1.807, 2.05) is 0 Å². The molecule has 0 aromatic rings. The molecule has 0 heterocycles. The summed E-state index contributed by atoms with van der Waals surface area (Å²) in [6.07, 6.45) is 84.9. The monoisotopic (exact) mass is 1130 g/mol. The lowest BCUT2D eigenvalue weighted by Crippen LogP contribution is -2.30. The van der Waals surface area contributed by atoms with E-state index in [-0.39, 0.29) is 31.1 Å². The molecule has 6 heteroatoms.